The van der Waals surface area contributed by atoms with E-state index in [1.54, 1.807) is 32.2 Å². The summed E-state index contributed by atoms with van der Waals surface area (Å²) in [6.45, 7) is 7.98. The lowest BCUT2D eigenvalue weighted by molar-refractivity contribution is 0.608. The number of hydrogen-bond donors (Lipinski definition) is 2. The fourth-order valence-electron chi connectivity index (χ4n) is 1.53. The number of nitrogens with one attached hydrogen (secondary N) is 2. The normalized spacial score (nSPS) is 12.3. The molecule has 0 saturated carbocycles. The van der Waals surface area contributed by atoms with Gasteiger partial charge in [0.25, 0.3) is 0 Å². The molecule has 3 nitrogen and oxygen atoms in total. The summed E-state index contributed by atoms with van der Waals surface area (Å²) >= 11 is 0. The van der Waals surface area contributed by atoms with Crippen LogP contribution in [-0.4, -0.2) is 19.6 Å². The second kappa shape index (κ2) is 8.90. The van der Waals surface area contributed by atoms with Gasteiger partial charge in [0.15, 0.2) is 5.96 Å². The van der Waals surface area contributed by atoms with Crippen molar-refractivity contribution in [2.45, 2.75) is 19.9 Å². The van der Waals surface area contributed by atoms with Crippen LogP contribution in [0.3, 0.4) is 0 Å². The van der Waals surface area contributed by atoms with E-state index in [2.05, 4.69) is 22.2 Å². The third-order valence-electron chi connectivity index (χ3n) is 2.69. The topological polar surface area (TPSA) is 36.4 Å². The minimum atomic E-state index is -0.185. The average Bonchev–Trinajstić information content (AvgIpc) is 2.37. The summed E-state index contributed by atoms with van der Waals surface area (Å²) in [5, 5.41) is 6.26. The standard InChI is InChI=1S/C14H20FN3.HI/c1-5-8-17-14(16-4)18-11(3)12-7-6-10(2)13(15)9-12;/h5-7,9,11H,1,8H2,2-4H3,(H2,16,17,18);1H. The molecule has 0 aliphatic heterocycles. The molecule has 0 bridgehead atoms. The van der Waals surface area contributed by atoms with Crippen molar-refractivity contribution in [3.63, 3.8) is 0 Å². The van der Waals surface area contributed by atoms with Gasteiger partial charge in [-0.25, -0.2) is 4.39 Å². The Kier molecular flexibility index (Phi) is 8.38. The number of guanidine groups is 1. The number of aliphatic imine (C=N–C) groups is 1. The molecular formula is C14H21FIN3. The van der Waals surface area contributed by atoms with E-state index in [0.29, 0.717) is 18.1 Å². The SMILES string of the molecule is C=CCNC(=NC)NC(C)c1ccc(C)c(F)c1.I. The van der Waals surface area contributed by atoms with Crippen LogP contribution in [0.2, 0.25) is 0 Å². The second-order valence-electron chi connectivity index (χ2n) is 4.12. The van der Waals surface area contributed by atoms with Gasteiger partial charge in [-0.3, -0.25) is 4.99 Å². The van der Waals surface area contributed by atoms with E-state index >= 15 is 0 Å². The molecule has 0 radical (unpaired) electrons. The van der Waals surface area contributed by atoms with E-state index in [1.807, 2.05) is 13.0 Å². The molecular weight excluding hydrogens is 356 g/mol. The molecule has 5 heteroatoms. The van der Waals surface area contributed by atoms with E-state index in [1.165, 1.54) is 0 Å². The predicted octanol–water partition coefficient (Wildman–Crippen LogP) is 3.16. The van der Waals surface area contributed by atoms with E-state index in [9.17, 15) is 4.39 Å². The number of rotatable bonds is 4. The van der Waals surface area contributed by atoms with Gasteiger partial charge in [0.1, 0.15) is 5.82 Å². The Morgan fingerprint density at radius 3 is 2.74 bits per heavy atom. The smallest absolute Gasteiger partial charge is 0.191 e. The molecule has 0 spiro atoms. The van der Waals surface area contributed by atoms with Crippen LogP contribution in [0.1, 0.15) is 24.1 Å². The van der Waals surface area contributed by atoms with Crippen LogP contribution in [0, 0.1) is 12.7 Å². The van der Waals surface area contributed by atoms with Crippen molar-refractivity contribution in [1.29, 1.82) is 0 Å². The summed E-state index contributed by atoms with van der Waals surface area (Å²) < 4.78 is 13.5. The molecule has 2 N–H and O–H groups in total. The van der Waals surface area contributed by atoms with Crippen molar-refractivity contribution in [2.75, 3.05) is 13.6 Å². The summed E-state index contributed by atoms with van der Waals surface area (Å²) in [6.07, 6.45) is 1.75. The van der Waals surface area contributed by atoms with Crippen LogP contribution in [0.25, 0.3) is 0 Å². The minimum Gasteiger partial charge on any atom is -0.353 e. The summed E-state index contributed by atoms with van der Waals surface area (Å²) in [7, 11) is 1.70. The third kappa shape index (κ3) is 5.59. The summed E-state index contributed by atoms with van der Waals surface area (Å²) in [4.78, 5) is 4.08. The Labute approximate surface area is 131 Å². The van der Waals surface area contributed by atoms with Gasteiger partial charge in [-0.05, 0) is 31.0 Å². The zero-order valence-corrected chi connectivity index (χ0v) is 13.9. The first-order chi connectivity index (χ1) is 8.58. The summed E-state index contributed by atoms with van der Waals surface area (Å²) in [5.41, 5.74) is 1.54. The average molecular weight is 377 g/mol. The molecule has 1 aromatic rings. The van der Waals surface area contributed by atoms with Gasteiger partial charge in [0.2, 0.25) is 0 Å². The number of halogens is 2. The highest BCUT2D eigenvalue weighted by Gasteiger charge is 2.09. The van der Waals surface area contributed by atoms with Crippen molar-refractivity contribution in [3.05, 3.63) is 47.8 Å². The molecule has 1 aromatic carbocycles. The van der Waals surface area contributed by atoms with Crippen LogP contribution in [0.15, 0.2) is 35.8 Å². The van der Waals surface area contributed by atoms with Gasteiger partial charge in [-0.1, -0.05) is 18.2 Å². The molecule has 1 unspecified atom stereocenters. The first-order valence-electron chi connectivity index (χ1n) is 5.92. The Hall–Kier alpha value is -1.11. The van der Waals surface area contributed by atoms with E-state index in [-0.39, 0.29) is 35.8 Å². The third-order valence-corrected chi connectivity index (χ3v) is 2.69. The van der Waals surface area contributed by atoms with Gasteiger partial charge in [0.05, 0.1) is 6.04 Å². The maximum Gasteiger partial charge on any atom is 0.191 e. The van der Waals surface area contributed by atoms with Crippen molar-refractivity contribution >= 4 is 29.9 Å². The Balaban J connectivity index is 0.00000324. The molecule has 0 aliphatic carbocycles. The molecule has 19 heavy (non-hydrogen) atoms. The van der Waals surface area contributed by atoms with Gasteiger partial charge in [0, 0.05) is 13.6 Å². The number of nitrogens with zero attached hydrogens (tertiary/aromatic N) is 1. The zero-order chi connectivity index (χ0) is 13.5. The Morgan fingerprint density at radius 1 is 1.53 bits per heavy atom. The van der Waals surface area contributed by atoms with Gasteiger partial charge < -0.3 is 10.6 Å². The highest BCUT2D eigenvalue weighted by atomic mass is 127. The van der Waals surface area contributed by atoms with Crippen molar-refractivity contribution in [3.8, 4) is 0 Å². The largest absolute Gasteiger partial charge is 0.353 e. The summed E-state index contributed by atoms with van der Waals surface area (Å²) in [5.74, 6) is 0.485. The van der Waals surface area contributed by atoms with Crippen LogP contribution in [-0.2, 0) is 0 Å². The van der Waals surface area contributed by atoms with Crippen molar-refractivity contribution in [2.24, 2.45) is 4.99 Å². The molecule has 0 heterocycles. The highest BCUT2D eigenvalue weighted by Crippen LogP contribution is 2.15. The number of benzene rings is 1. The van der Waals surface area contributed by atoms with E-state index in [4.69, 9.17) is 0 Å². The monoisotopic (exact) mass is 377 g/mol. The lowest BCUT2D eigenvalue weighted by Crippen LogP contribution is -2.38. The van der Waals surface area contributed by atoms with E-state index in [0.717, 1.165) is 5.56 Å². The summed E-state index contributed by atoms with van der Waals surface area (Å²) in [6, 6.07) is 5.23. The Bertz CT molecular complexity index is 446. The molecule has 1 rings (SSSR count). The lowest BCUT2D eigenvalue weighted by atomic mass is 10.1. The van der Waals surface area contributed by atoms with E-state index < -0.39 is 0 Å². The Morgan fingerprint density at radius 2 is 2.21 bits per heavy atom. The predicted molar refractivity (Wildman–Crippen MR) is 89.7 cm³/mol. The van der Waals surface area contributed by atoms with Crippen LogP contribution in [0.4, 0.5) is 4.39 Å². The fourth-order valence-corrected chi connectivity index (χ4v) is 1.53. The molecule has 106 valence electrons. The first-order valence-corrected chi connectivity index (χ1v) is 5.92. The van der Waals surface area contributed by atoms with Gasteiger partial charge >= 0.3 is 0 Å². The molecule has 0 aliphatic rings. The van der Waals surface area contributed by atoms with Crippen molar-refractivity contribution < 1.29 is 4.39 Å². The number of hydrogen-bond acceptors (Lipinski definition) is 1. The zero-order valence-electron chi connectivity index (χ0n) is 11.5. The van der Waals surface area contributed by atoms with Crippen LogP contribution in [0.5, 0.6) is 0 Å². The second-order valence-corrected chi connectivity index (χ2v) is 4.12. The molecule has 1 atom stereocenters. The fraction of sp³-hybridized carbons (Fsp3) is 0.357. The maximum atomic E-state index is 13.5. The quantitative estimate of drug-likeness (QED) is 0.366. The van der Waals surface area contributed by atoms with Gasteiger partial charge in [-0.15, -0.1) is 30.6 Å². The molecule has 0 saturated heterocycles. The maximum absolute atomic E-state index is 13.5. The lowest BCUT2D eigenvalue weighted by Gasteiger charge is -2.18. The highest BCUT2D eigenvalue weighted by molar-refractivity contribution is 14.0. The number of aryl methyl sites for hydroxylation is 1. The minimum absolute atomic E-state index is 0. The van der Waals surface area contributed by atoms with Gasteiger partial charge in [-0.2, -0.15) is 0 Å². The molecule has 0 amide bonds. The van der Waals surface area contributed by atoms with Crippen molar-refractivity contribution in [1.82, 2.24) is 10.6 Å². The molecule has 0 fully saturated rings. The van der Waals surface area contributed by atoms with Crippen LogP contribution >= 0.6 is 24.0 Å². The first kappa shape index (κ1) is 17.9. The molecule has 0 aromatic heterocycles. The van der Waals surface area contributed by atoms with Crippen LogP contribution < -0.4 is 10.6 Å².